The lowest BCUT2D eigenvalue weighted by atomic mass is 9.91. The molecule has 5 rings (SSSR count). The number of nitrogens with zero attached hydrogens (tertiary/aromatic N) is 3. The second-order valence-corrected chi connectivity index (χ2v) is 11.8. The first-order valence-electron chi connectivity index (χ1n) is 15.4. The fourth-order valence-electron chi connectivity index (χ4n) is 6.45. The second kappa shape index (κ2) is 14.1. The Morgan fingerprint density at radius 2 is 1.89 bits per heavy atom. The molecule has 1 aliphatic rings. The fourth-order valence-corrected chi connectivity index (χ4v) is 6.45. The third-order valence-corrected chi connectivity index (χ3v) is 8.58. The summed E-state index contributed by atoms with van der Waals surface area (Å²) in [7, 11) is 1.74. The lowest BCUT2D eigenvalue weighted by molar-refractivity contribution is -0.132. The van der Waals surface area contributed by atoms with Crippen molar-refractivity contribution in [2.45, 2.75) is 71.4 Å². The zero-order valence-electron chi connectivity index (χ0n) is 26.2. The summed E-state index contributed by atoms with van der Waals surface area (Å²) >= 11 is 0. The number of ether oxygens (including phenoxy) is 1. The molecule has 0 aliphatic carbocycles. The first-order valence-corrected chi connectivity index (χ1v) is 15.4. The largest absolute Gasteiger partial charge is 0.385 e. The summed E-state index contributed by atoms with van der Waals surface area (Å²) in [6.45, 7) is 8.82. The van der Waals surface area contributed by atoms with E-state index in [0.29, 0.717) is 42.2 Å². The first-order chi connectivity index (χ1) is 21.2. The number of hydrogen-bond acceptors (Lipinski definition) is 6. The van der Waals surface area contributed by atoms with Gasteiger partial charge in [0.15, 0.2) is 5.76 Å². The van der Waals surface area contributed by atoms with Gasteiger partial charge in [-0.25, -0.2) is 4.79 Å². The van der Waals surface area contributed by atoms with Crippen LogP contribution in [0, 0.1) is 20.8 Å². The standard InChI is InChI=1S/C34H44N6O4/c1-22-29-10-5-6-11-30(29)40(17-8-18-43-4)33(22)26-9-7-16-39(21-26)31(41)20-27(35)19-25-12-14-28(15-13-25)36-34(42)37-32-23(2)38-44-24(32)3/h5-6,10-15,26-27H,7-9,16-21,35H2,1-4H3,(H2,36,37,42)/t26?,27-/m1/s1. The van der Waals surface area contributed by atoms with Crippen molar-refractivity contribution in [1.29, 1.82) is 0 Å². The van der Waals surface area contributed by atoms with Crippen LogP contribution in [0.15, 0.2) is 53.1 Å². The smallest absolute Gasteiger partial charge is 0.323 e. The molecular formula is C34H44N6O4. The number of carbonyl (C=O) groups excluding carboxylic acids is 2. The summed E-state index contributed by atoms with van der Waals surface area (Å²) in [5.41, 5.74) is 13.2. The van der Waals surface area contributed by atoms with Gasteiger partial charge in [0, 0.05) is 74.0 Å². The number of carbonyl (C=O) groups is 2. The molecule has 0 bridgehead atoms. The average molecular weight is 601 g/mol. The number of piperidine rings is 1. The molecule has 234 valence electrons. The molecule has 10 nitrogen and oxygen atoms in total. The average Bonchev–Trinajstić information content (AvgIpc) is 3.48. The van der Waals surface area contributed by atoms with Crippen LogP contribution >= 0.6 is 0 Å². The van der Waals surface area contributed by atoms with Crippen LogP contribution in [0.25, 0.3) is 10.9 Å². The molecule has 2 aromatic heterocycles. The lowest BCUT2D eigenvalue weighted by Gasteiger charge is -2.34. The second-order valence-electron chi connectivity index (χ2n) is 11.8. The molecule has 3 heterocycles. The quantitative estimate of drug-likeness (QED) is 0.184. The van der Waals surface area contributed by atoms with Gasteiger partial charge in [-0.2, -0.15) is 0 Å². The van der Waals surface area contributed by atoms with Crippen LogP contribution in [0.3, 0.4) is 0 Å². The summed E-state index contributed by atoms with van der Waals surface area (Å²) in [5.74, 6) is 0.942. The predicted octanol–water partition coefficient (Wildman–Crippen LogP) is 5.90. The Hall–Kier alpha value is -4.15. The first kappa shape index (κ1) is 31.3. The summed E-state index contributed by atoms with van der Waals surface area (Å²) in [4.78, 5) is 27.9. The molecule has 0 spiro atoms. The molecule has 4 N–H and O–H groups in total. The van der Waals surface area contributed by atoms with Crippen LogP contribution in [0.5, 0.6) is 0 Å². The number of likely N-dealkylation sites (tertiary alicyclic amines) is 1. The number of hydrogen-bond donors (Lipinski definition) is 3. The number of aryl methyl sites for hydroxylation is 4. The molecule has 3 amide bonds. The van der Waals surface area contributed by atoms with Crippen molar-refractivity contribution in [3.8, 4) is 0 Å². The van der Waals surface area contributed by atoms with Crippen molar-refractivity contribution in [1.82, 2.24) is 14.6 Å². The van der Waals surface area contributed by atoms with Gasteiger partial charge in [-0.05, 0) is 75.8 Å². The Labute approximate surface area is 258 Å². The zero-order valence-corrected chi connectivity index (χ0v) is 26.2. The van der Waals surface area contributed by atoms with E-state index in [4.69, 9.17) is 15.0 Å². The number of urea groups is 1. The number of methoxy groups -OCH3 is 1. The van der Waals surface area contributed by atoms with E-state index in [1.807, 2.05) is 29.2 Å². The zero-order chi connectivity index (χ0) is 31.2. The maximum atomic E-state index is 13.4. The molecule has 0 radical (unpaired) electrons. The van der Waals surface area contributed by atoms with Gasteiger partial charge in [-0.15, -0.1) is 0 Å². The van der Waals surface area contributed by atoms with E-state index in [-0.39, 0.29) is 23.9 Å². The minimum absolute atomic E-state index is 0.108. The molecule has 1 unspecified atom stereocenters. The van der Waals surface area contributed by atoms with Gasteiger partial charge in [0.25, 0.3) is 0 Å². The van der Waals surface area contributed by atoms with Crippen LogP contribution in [-0.2, 0) is 22.5 Å². The Bertz CT molecular complexity index is 1570. The third-order valence-electron chi connectivity index (χ3n) is 8.58. The summed E-state index contributed by atoms with van der Waals surface area (Å²) in [6.07, 6.45) is 3.85. The van der Waals surface area contributed by atoms with E-state index >= 15 is 0 Å². The molecule has 1 saturated heterocycles. The number of anilines is 2. The van der Waals surface area contributed by atoms with Gasteiger partial charge < -0.3 is 35.1 Å². The molecule has 2 atom stereocenters. The number of nitrogens with two attached hydrogens (primary N) is 1. The highest BCUT2D eigenvalue weighted by molar-refractivity contribution is 6.00. The van der Waals surface area contributed by atoms with Gasteiger partial charge in [0.05, 0.1) is 0 Å². The van der Waals surface area contributed by atoms with E-state index < -0.39 is 0 Å². The third kappa shape index (κ3) is 7.14. The van der Waals surface area contributed by atoms with Crippen LogP contribution in [0.1, 0.15) is 59.9 Å². The Morgan fingerprint density at radius 3 is 2.61 bits per heavy atom. The van der Waals surface area contributed by atoms with E-state index in [1.54, 1.807) is 21.0 Å². The van der Waals surface area contributed by atoms with Gasteiger partial charge in [-0.3, -0.25) is 4.79 Å². The van der Waals surface area contributed by atoms with Crippen LogP contribution in [0.2, 0.25) is 0 Å². The highest BCUT2D eigenvalue weighted by atomic mass is 16.5. The number of amides is 3. The van der Waals surface area contributed by atoms with Crippen molar-refractivity contribution >= 4 is 34.2 Å². The molecule has 10 heteroatoms. The Balaban J connectivity index is 1.17. The minimum Gasteiger partial charge on any atom is -0.385 e. The van der Waals surface area contributed by atoms with E-state index in [2.05, 4.69) is 51.5 Å². The number of rotatable bonds is 11. The van der Waals surface area contributed by atoms with Crippen molar-refractivity contribution < 1.29 is 18.8 Å². The van der Waals surface area contributed by atoms with Crippen LogP contribution < -0.4 is 16.4 Å². The van der Waals surface area contributed by atoms with Gasteiger partial charge in [-0.1, -0.05) is 35.5 Å². The number of nitrogens with one attached hydrogen (secondary N) is 2. The fraction of sp³-hybridized carbons (Fsp3) is 0.441. The van der Waals surface area contributed by atoms with Crippen molar-refractivity contribution in [3.05, 3.63) is 76.8 Å². The minimum atomic E-state index is -0.375. The number of benzene rings is 2. The topological polar surface area (TPSA) is 128 Å². The van der Waals surface area contributed by atoms with E-state index in [9.17, 15) is 9.59 Å². The van der Waals surface area contributed by atoms with Crippen LogP contribution in [0.4, 0.5) is 16.2 Å². The lowest BCUT2D eigenvalue weighted by Crippen LogP contribution is -2.42. The van der Waals surface area contributed by atoms with Crippen molar-refractivity contribution in [3.63, 3.8) is 0 Å². The van der Waals surface area contributed by atoms with E-state index in [0.717, 1.165) is 44.5 Å². The molecule has 44 heavy (non-hydrogen) atoms. The summed E-state index contributed by atoms with van der Waals surface area (Å²) in [5, 5.41) is 10.7. The molecular weight excluding hydrogens is 556 g/mol. The normalized spacial score (nSPS) is 15.8. The molecule has 0 saturated carbocycles. The summed E-state index contributed by atoms with van der Waals surface area (Å²) in [6, 6.07) is 15.4. The Kier molecular flexibility index (Phi) is 10.0. The molecule has 2 aromatic carbocycles. The monoisotopic (exact) mass is 600 g/mol. The van der Waals surface area contributed by atoms with Crippen molar-refractivity contribution in [2.24, 2.45) is 5.73 Å². The SMILES string of the molecule is COCCCn1c(C2CCCN(C(=O)C[C@H](N)Cc3ccc(NC(=O)Nc4c(C)noc4C)cc3)C2)c(C)c2ccccc21. The van der Waals surface area contributed by atoms with Crippen molar-refractivity contribution in [2.75, 3.05) is 37.4 Å². The maximum Gasteiger partial charge on any atom is 0.323 e. The van der Waals surface area contributed by atoms with Crippen LogP contribution in [-0.4, -0.2) is 59.4 Å². The Morgan fingerprint density at radius 1 is 1.11 bits per heavy atom. The number of fused-ring (bicyclic) bond motifs is 1. The van der Waals surface area contributed by atoms with E-state index in [1.165, 1.54) is 22.2 Å². The van der Waals surface area contributed by atoms with Gasteiger partial charge >= 0.3 is 6.03 Å². The molecule has 4 aromatic rings. The molecule has 1 fully saturated rings. The highest BCUT2D eigenvalue weighted by Gasteiger charge is 2.29. The predicted molar refractivity (Wildman–Crippen MR) is 173 cm³/mol. The van der Waals surface area contributed by atoms with Gasteiger partial charge in [0.2, 0.25) is 5.91 Å². The number of aromatic nitrogens is 2. The number of para-hydroxylation sites is 1. The molecule has 1 aliphatic heterocycles. The summed E-state index contributed by atoms with van der Waals surface area (Å²) < 4.78 is 12.9. The van der Waals surface area contributed by atoms with Gasteiger partial charge in [0.1, 0.15) is 11.4 Å². The highest BCUT2D eigenvalue weighted by Crippen LogP contribution is 2.36. The maximum absolute atomic E-state index is 13.4.